The zero-order valence-corrected chi connectivity index (χ0v) is 23.7. The molecular formula is C28H36F3N7O3. The van der Waals surface area contributed by atoms with E-state index in [4.69, 9.17) is 21.3 Å². The van der Waals surface area contributed by atoms with Crippen molar-refractivity contribution in [1.82, 2.24) is 24.5 Å². The number of ether oxygens (including phenoxy) is 1. The van der Waals surface area contributed by atoms with Crippen LogP contribution in [0.25, 0.3) is 11.3 Å². The lowest BCUT2D eigenvalue weighted by Crippen LogP contribution is -2.39. The van der Waals surface area contributed by atoms with Crippen molar-refractivity contribution in [3.05, 3.63) is 52.8 Å². The summed E-state index contributed by atoms with van der Waals surface area (Å²) in [6.45, 7) is 8.33. The van der Waals surface area contributed by atoms with Crippen molar-refractivity contribution in [3.63, 3.8) is 0 Å². The number of carbonyl (C=O) groups is 2. The lowest BCUT2D eigenvalue weighted by atomic mass is 10.0. The molecule has 4 N–H and O–H groups in total. The highest BCUT2D eigenvalue weighted by atomic mass is 19.4. The van der Waals surface area contributed by atoms with Crippen LogP contribution in [-0.2, 0) is 17.5 Å². The number of carbonyl (C=O) groups excluding carboxylic acids is 2. The minimum atomic E-state index is -4.45. The summed E-state index contributed by atoms with van der Waals surface area (Å²) in [6.07, 6.45) is -0.479. The van der Waals surface area contributed by atoms with E-state index in [1.807, 2.05) is 20.8 Å². The van der Waals surface area contributed by atoms with Crippen LogP contribution < -0.4 is 11.5 Å². The van der Waals surface area contributed by atoms with Crippen LogP contribution in [0.4, 0.5) is 23.8 Å². The Morgan fingerprint density at radius 1 is 1.10 bits per heavy atom. The molecule has 2 aromatic heterocycles. The van der Waals surface area contributed by atoms with Crippen molar-refractivity contribution in [2.24, 2.45) is 5.73 Å². The van der Waals surface area contributed by atoms with Gasteiger partial charge in [-0.05, 0) is 71.1 Å². The normalized spacial score (nSPS) is 15.4. The molecule has 1 fully saturated rings. The summed E-state index contributed by atoms with van der Waals surface area (Å²) in [6, 6.07) is 4.92. The van der Waals surface area contributed by atoms with Gasteiger partial charge in [-0.1, -0.05) is 12.1 Å². The zero-order chi connectivity index (χ0) is 30.1. The van der Waals surface area contributed by atoms with Crippen molar-refractivity contribution in [1.29, 1.82) is 0 Å². The Morgan fingerprint density at radius 2 is 1.76 bits per heavy atom. The lowest BCUT2D eigenvalue weighted by Gasteiger charge is -2.30. The number of primary amides is 1. The second-order valence-electron chi connectivity index (χ2n) is 11.3. The molecule has 0 atom stereocenters. The molecule has 1 aliphatic rings. The maximum absolute atomic E-state index is 13.2. The summed E-state index contributed by atoms with van der Waals surface area (Å²) in [5, 5.41) is 9.16. The molecule has 0 radical (unpaired) electrons. The Labute approximate surface area is 236 Å². The molecule has 0 aliphatic carbocycles. The molecule has 10 nitrogen and oxygen atoms in total. The van der Waals surface area contributed by atoms with Crippen LogP contribution in [0.2, 0.25) is 0 Å². The van der Waals surface area contributed by atoms with Gasteiger partial charge >= 0.3 is 12.3 Å². The zero-order valence-electron chi connectivity index (χ0n) is 23.7. The van der Waals surface area contributed by atoms with Gasteiger partial charge in [-0.2, -0.15) is 23.4 Å². The molecule has 1 aromatic carbocycles. The number of hydrogen-bond acceptors (Lipinski definition) is 6. The standard InChI is InChI=1S/C28H36F3N7O3/c1-17-21(16-37(34-17)15-18-8-5-9-19(14-18)28(29,30)31)23-22(25(33)39)24(32)38(35-23)20-10-6-12-36(13-7-11-20)26(40)41-27(2,3)4/h5,8-9,14,16,20H,6-7,10-13,15,32H2,1-4H3,(H2,33,39). The van der Waals surface area contributed by atoms with Crippen LogP contribution in [0.5, 0.6) is 0 Å². The van der Waals surface area contributed by atoms with Gasteiger partial charge in [-0.15, -0.1) is 0 Å². The Balaban J connectivity index is 1.56. The summed E-state index contributed by atoms with van der Waals surface area (Å²) < 4.78 is 48.1. The first-order valence-corrected chi connectivity index (χ1v) is 13.5. The third-order valence-electron chi connectivity index (χ3n) is 6.92. The van der Waals surface area contributed by atoms with Crippen molar-refractivity contribution < 1.29 is 27.5 Å². The van der Waals surface area contributed by atoms with Crippen molar-refractivity contribution in [2.75, 3.05) is 18.8 Å². The first kappa shape index (κ1) is 29.9. The van der Waals surface area contributed by atoms with Crippen molar-refractivity contribution >= 4 is 17.8 Å². The fourth-order valence-corrected chi connectivity index (χ4v) is 5.07. The molecule has 2 amide bonds. The van der Waals surface area contributed by atoms with Gasteiger partial charge in [-0.25, -0.2) is 9.48 Å². The van der Waals surface area contributed by atoms with Crippen LogP contribution in [0.15, 0.2) is 30.5 Å². The second kappa shape index (κ2) is 11.5. The number of hydrogen-bond donors (Lipinski definition) is 2. The predicted molar refractivity (Wildman–Crippen MR) is 147 cm³/mol. The van der Waals surface area contributed by atoms with E-state index in [1.54, 1.807) is 28.8 Å². The number of alkyl halides is 3. The van der Waals surface area contributed by atoms with Crippen LogP contribution in [0.1, 0.15) is 79.7 Å². The van der Waals surface area contributed by atoms with E-state index in [2.05, 4.69) is 5.10 Å². The molecule has 222 valence electrons. The van der Waals surface area contributed by atoms with E-state index < -0.39 is 23.2 Å². The molecule has 13 heteroatoms. The minimum absolute atomic E-state index is 0.0733. The highest BCUT2D eigenvalue weighted by Crippen LogP contribution is 2.34. The third-order valence-corrected chi connectivity index (χ3v) is 6.92. The quantitative estimate of drug-likeness (QED) is 0.432. The van der Waals surface area contributed by atoms with Gasteiger partial charge in [-0.3, -0.25) is 9.48 Å². The molecule has 0 unspecified atom stereocenters. The van der Waals surface area contributed by atoms with Crippen LogP contribution in [0.3, 0.4) is 0 Å². The van der Waals surface area contributed by atoms with Gasteiger partial charge in [0, 0.05) is 24.8 Å². The number of nitrogens with two attached hydrogens (primary N) is 2. The van der Waals surface area contributed by atoms with Crippen LogP contribution in [-0.4, -0.2) is 55.2 Å². The van der Waals surface area contributed by atoms with E-state index in [1.165, 1.54) is 10.7 Å². The Bertz CT molecular complexity index is 1410. The number of likely N-dealkylation sites (tertiary alicyclic amines) is 1. The summed E-state index contributed by atoms with van der Waals surface area (Å²) in [4.78, 5) is 26.7. The van der Waals surface area contributed by atoms with Gasteiger partial charge in [0.2, 0.25) is 0 Å². The molecule has 0 saturated carbocycles. The number of halogens is 3. The summed E-state index contributed by atoms with van der Waals surface area (Å²) >= 11 is 0. The molecule has 3 heterocycles. The Hall–Kier alpha value is -4.03. The minimum Gasteiger partial charge on any atom is -0.444 e. The van der Waals surface area contributed by atoms with Gasteiger partial charge in [0.15, 0.2) is 0 Å². The maximum Gasteiger partial charge on any atom is 0.416 e. The number of aromatic nitrogens is 4. The smallest absolute Gasteiger partial charge is 0.416 e. The highest BCUT2D eigenvalue weighted by Gasteiger charge is 2.31. The highest BCUT2D eigenvalue weighted by molar-refractivity contribution is 6.03. The van der Waals surface area contributed by atoms with E-state index >= 15 is 0 Å². The summed E-state index contributed by atoms with van der Waals surface area (Å²) in [7, 11) is 0. The first-order valence-electron chi connectivity index (χ1n) is 13.5. The average Bonchev–Trinajstić information content (AvgIpc) is 3.36. The molecule has 0 spiro atoms. The number of rotatable bonds is 5. The molecule has 1 saturated heterocycles. The van der Waals surface area contributed by atoms with Gasteiger partial charge < -0.3 is 21.1 Å². The molecule has 0 bridgehead atoms. The fraction of sp³-hybridized carbons (Fsp3) is 0.500. The summed E-state index contributed by atoms with van der Waals surface area (Å²) in [5.74, 6) is -0.595. The average molecular weight is 576 g/mol. The van der Waals surface area contributed by atoms with E-state index in [0.29, 0.717) is 55.6 Å². The maximum atomic E-state index is 13.2. The summed E-state index contributed by atoms with van der Waals surface area (Å²) in [5.41, 5.74) is 12.6. The number of aryl methyl sites for hydroxylation is 1. The number of benzene rings is 1. The number of amides is 2. The predicted octanol–water partition coefficient (Wildman–Crippen LogP) is 5.16. The first-order chi connectivity index (χ1) is 19.1. The topological polar surface area (TPSA) is 134 Å². The number of nitrogen functional groups attached to an aromatic ring is 1. The van der Waals surface area contributed by atoms with Crippen LogP contribution in [0, 0.1) is 6.92 Å². The molecule has 3 aromatic rings. The Morgan fingerprint density at radius 3 is 2.34 bits per heavy atom. The van der Waals surface area contributed by atoms with E-state index in [-0.39, 0.29) is 35.8 Å². The van der Waals surface area contributed by atoms with Gasteiger partial charge in [0.05, 0.1) is 23.8 Å². The van der Waals surface area contributed by atoms with Gasteiger partial charge in [0.25, 0.3) is 5.91 Å². The molecule has 1 aliphatic heterocycles. The van der Waals surface area contributed by atoms with E-state index in [0.717, 1.165) is 12.1 Å². The lowest BCUT2D eigenvalue weighted by molar-refractivity contribution is -0.137. The largest absolute Gasteiger partial charge is 0.444 e. The van der Waals surface area contributed by atoms with Crippen LogP contribution >= 0.6 is 0 Å². The van der Waals surface area contributed by atoms with Crippen molar-refractivity contribution in [2.45, 2.75) is 77.7 Å². The SMILES string of the molecule is Cc1nn(Cc2cccc(C(F)(F)F)c2)cc1-c1nn(C2CCCN(C(=O)OC(C)(C)C)CCC2)c(N)c1C(N)=O. The Kier molecular flexibility index (Phi) is 8.36. The second-order valence-corrected chi connectivity index (χ2v) is 11.3. The number of anilines is 1. The van der Waals surface area contributed by atoms with E-state index in [9.17, 15) is 22.8 Å². The molecule has 41 heavy (non-hydrogen) atoms. The molecular weight excluding hydrogens is 539 g/mol. The van der Waals surface area contributed by atoms with Gasteiger partial charge in [0.1, 0.15) is 22.7 Å². The third kappa shape index (κ3) is 7.01. The monoisotopic (exact) mass is 575 g/mol. The molecule has 4 rings (SSSR count). The fourth-order valence-electron chi connectivity index (χ4n) is 5.07. The number of nitrogens with zero attached hydrogens (tertiary/aromatic N) is 5. The van der Waals surface area contributed by atoms with Crippen molar-refractivity contribution in [3.8, 4) is 11.3 Å².